The summed E-state index contributed by atoms with van der Waals surface area (Å²) < 4.78 is 14.4. The van der Waals surface area contributed by atoms with Gasteiger partial charge in [-0.1, -0.05) is 31.2 Å². The van der Waals surface area contributed by atoms with Crippen LogP contribution in [0.1, 0.15) is 50.2 Å². The van der Waals surface area contributed by atoms with Crippen molar-refractivity contribution in [2.75, 3.05) is 0 Å². The van der Waals surface area contributed by atoms with Crippen LogP contribution in [-0.4, -0.2) is 42.2 Å². The van der Waals surface area contributed by atoms with Crippen LogP contribution in [0, 0.1) is 0 Å². The molecule has 9 nitrogen and oxygen atoms in total. The monoisotopic (exact) mass is 715 g/mol. The van der Waals surface area contributed by atoms with Crippen molar-refractivity contribution in [3.05, 3.63) is 193 Å². The van der Waals surface area contributed by atoms with Gasteiger partial charge in [-0.25, -0.2) is 0 Å². The molecule has 0 atom stereocenters. The molecular formula is C44H57N7O2. The van der Waals surface area contributed by atoms with E-state index in [9.17, 15) is 0 Å². The number of aliphatic hydroxyl groups excluding tert-OH is 2. The zero-order valence-electron chi connectivity index (χ0n) is 30.5. The molecule has 7 heterocycles. The molecule has 7 aromatic rings. The molecule has 8 rings (SSSR count). The highest BCUT2D eigenvalue weighted by molar-refractivity contribution is 5.27. The summed E-state index contributed by atoms with van der Waals surface area (Å²) in [5.41, 5.74) is 6.62. The highest BCUT2D eigenvalue weighted by atomic mass is 16.3. The quantitative estimate of drug-likeness (QED) is 0.133. The Hall–Kier alpha value is -5.64. The van der Waals surface area contributed by atoms with Crippen molar-refractivity contribution in [2.45, 2.75) is 80.3 Å². The number of hydrogen-bond donors (Lipinski definition) is 2. The van der Waals surface area contributed by atoms with Gasteiger partial charge in [-0.15, -0.1) is 0 Å². The van der Waals surface area contributed by atoms with Gasteiger partial charge in [0.05, 0.1) is 6.54 Å². The minimum absolute atomic E-state index is 0. The summed E-state index contributed by atoms with van der Waals surface area (Å²) in [6.45, 7) is 9.19. The summed E-state index contributed by atoms with van der Waals surface area (Å²) >= 11 is 0. The van der Waals surface area contributed by atoms with Crippen molar-refractivity contribution in [3.8, 4) is 0 Å². The second kappa shape index (κ2) is 21.7. The van der Waals surface area contributed by atoms with Crippen LogP contribution in [0.15, 0.2) is 171 Å². The molecule has 0 aliphatic heterocycles. The first-order chi connectivity index (χ1) is 25.6. The van der Waals surface area contributed by atoms with Crippen LogP contribution in [0.25, 0.3) is 0 Å². The first-order valence-corrected chi connectivity index (χ1v) is 18.0. The van der Waals surface area contributed by atoms with E-state index in [4.69, 9.17) is 10.2 Å². The van der Waals surface area contributed by atoms with Gasteiger partial charge >= 0.3 is 0 Å². The number of rotatable bonds is 12. The lowest BCUT2D eigenvalue weighted by molar-refractivity contribution is 0.207. The van der Waals surface area contributed by atoms with E-state index in [0.717, 1.165) is 51.3 Å². The molecule has 0 unspecified atom stereocenters. The second-order valence-electron chi connectivity index (χ2n) is 12.6. The van der Waals surface area contributed by atoms with Crippen molar-refractivity contribution < 1.29 is 10.2 Å². The van der Waals surface area contributed by atoms with Crippen LogP contribution in [0.4, 0.5) is 0 Å². The fourth-order valence-electron chi connectivity index (χ4n) is 5.99. The lowest BCUT2D eigenvalue weighted by Gasteiger charge is -2.06. The largest absolute Gasteiger partial charge is 0.376 e. The molecule has 0 saturated heterocycles. The molecule has 1 aliphatic carbocycles. The van der Waals surface area contributed by atoms with E-state index in [1.54, 1.807) is 4.57 Å². The number of hydrogen-bond acceptors (Lipinski definition) is 2. The minimum Gasteiger partial charge on any atom is -0.376 e. The molecule has 0 bridgehead atoms. The molecule has 0 spiro atoms. The molecule has 0 fully saturated rings. The standard InChI is InChI=1S/C12H15N.C11H14N2.2C10H12N2O.CH4/c1-2-13-9-5-8-12(13)10-11-6-3-4-7-11;1-2-12-8-5-11(9-12)10-13-6-3-4-7-13;13-9-12-7-3-4-10(12)8-11-5-1-2-6-11;13-9-12-6-3-10(8-12)7-11-4-1-2-5-11;/h3-6,8-9H,2,7,10H2,1H3;3-9H,2,10H2,1H3;1-7,13H,8-9H2;1-6,8,13H,7,9H2;1H4. The maximum absolute atomic E-state index is 8.99. The molecule has 53 heavy (non-hydrogen) atoms. The fraction of sp³-hybridized carbons (Fsp3) is 0.273. The number of allylic oxidation sites excluding steroid dienone is 4. The molecule has 0 saturated carbocycles. The predicted molar refractivity (Wildman–Crippen MR) is 216 cm³/mol. The normalized spacial score (nSPS) is 11.4. The molecular weight excluding hydrogens is 659 g/mol. The smallest absolute Gasteiger partial charge is 0.119 e. The van der Waals surface area contributed by atoms with Gasteiger partial charge < -0.3 is 42.2 Å². The van der Waals surface area contributed by atoms with Crippen molar-refractivity contribution in [3.63, 3.8) is 0 Å². The third-order valence-electron chi connectivity index (χ3n) is 8.82. The van der Waals surface area contributed by atoms with Gasteiger partial charge in [0, 0.05) is 118 Å². The van der Waals surface area contributed by atoms with Gasteiger partial charge in [0.1, 0.15) is 13.5 Å². The third kappa shape index (κ3) is 12.8. The Morgan fingerprint density at radius 3 is 1.51 bits per heavy atom. The van der Waals surface area contributed by atoms with E-state index in [2.05, 4.69) is 116 Å². The predicted octanol–water partition coefficient (Wildman–Crippen LogP) is 8.51. The summed E-state index contributed by atoms with van der Waals surface area (Å²) in [4.78, 5) is 0. The highest BCUT2D eigenvalue weighted by Crippen LogP contribution is 2.17. The topological polar surface area (TPSA) is 75.0 Å². The molecule has 2 N–H and O–H groups in total. The van der Waals surface area contributed by atoms with Gasteiger partial charge in [0.15, 0.2) is 0 Å². The Labute approximate surface area is 315 Å². The minimum atomic E-state index is 0. The van der Waals surface area contributed by atoms with Crippen molar-refractivity contribution in [2.24, 2.45) is 0 Å². The lowest BCUT2D eigenvalue weighted by Crippen LogP contribution is -2.05. The average molecular weight is 716 g/mol. The fourth-order valence-corrected chi connectivity index (χ4v) is 5.99. The van der Waals surface area contributed by atoms with Crippen LogP contribution in [0.3, 0.4) is 0 Å². The zero-order chi connectivity index (χ0) is 36.4. The van der Waals surface area contributed by atoms with Crippen molar-refractivity contribution in [1.82, 2.24) is 32.0 Å². The van der Waals surface area contributed by atoms with Crippen molar-refractivity contribution >= 4 is 0 Å². The molecule has 0 radical (unpaired) electrons. The Morgan fingerprint density at radius 2 is 1.04 bits per heavy atom. The second-order valence-corrected chi connectivity index (χ2v) is 12.6. The zero-order valence-corrected chi connectivity index (χ0v) is 30.5. The molecule has 7 aromatic heterocycles. The van der Waals surface area contributed by atoms with Crippen LogP contribution in [0.2, 0.25) is 0 Å². The van der Waals surface area contributed by atoms with Gasteiger partial charge in [-0.3, -0.25) is 0 Å². The summed E-state index contributed by atoms with van der Waals surface area (Å²) in [5, 5.41) is 17.8. The van der Waals surface area contributed by atoms with Crippen LogP contribution < -0.4 is 0 Å². The Bertz CT molecular complexity index is 1940. The molecule has 1 aliphatic rings. The molecule has 280 valence electrons. The van der Waals surface area contributed by atoms with Gasteiger partial charge in [-0.2, -0.15) is 0 Å². The summed E-state index contributed by atoms with van der Waals surface area (Å²) in [6, 6.07) is 24.6. The van der Waals surface area contributed by atoms with E-state index in [1.807, 2.05) is 90.4 Å². The summed E-state index contributed by atoms with van der Waals surface area (Å²) in [7, 11) is 0. The summed E-state index contributed by atoms with van der Waals surface area (Å²) in [6.07, 6.45) is 33.2. The van der Waals surface area contributed by atoms with E-state index in [1.165, 1.54) is 22.4 Å². The maximum atomic E-state index is 8.99. The van der Waals surface area contributed by atoms with Crippen LogP contribution >= 0.6 is 0 Å². The summed E-state index contributed by atoms with van der Waals surface area (Å²) in [5.74, 6) is 0. The van der Waals surface area contributed by atoms with E-state index in [-0.39, 0.29) is 20.9 Å². The Kier molecular flexibility index (Phi) is 16.4. The SMILES string of the molecule is C.CCn1ccc(Cn2cccc2)c1.CCn1cccc1CC1=CC=CC1.OCn1ccc(Cn2cccc2)c1.OCn1cccc1Cn1cccc1. The van der Waals surface area contributed by atoms with E-state index in [0.29, 0.717) is 0 Å². The Morgan fingerprint density at radius 1 is 0.509 bits per heavy atom. The first-order valence-electron chi connectivity index (χ1n) is 18.0. The Balaban J connectivity index is 0.000000157. The number of aliphatic hydroxyl groups is 2. The maximum Gasteiger partial charge on any atom is 0.119 e. The number of aryl methyl sites for hydroxylation is 2. The van der Waals surface area contributed by atoms with Crippen LogP contribution in [-0.2, 0) is 52.6 Å². The first kappa shape index (κ1) is 40.1. The average Bonchev–Trinajstić information content (AvgIpc) is 4.00. The van der Waals surface area contributed by atoms with Gasteiger partial charge in [0.2, 0.25) is 0 Å². The van der Waals surface area contributed by atoms with Gasteiger partial charge in [-0.05, 0) is 104 Å². The molecule has 0 aromatic carbocycles. The van der Waals surface area contributed by atoms with Crippen molar-refractivity contribution in [1.29, 1.82) is 0 Å². The van der Waals surface area contributed by atoms with Crippen LogP contribution in [0.5, 0.6) is 0 Å². The third-order valence-corrected chi connectivity index (χ3v) is 8.82. The van der Waals surface area contributed by atoms with Gasteiger partial charge in [0.25, 0.3) is 0 Å². The van der Waals surface area contributed by atoms with E-state index >= 15 is 0 Å². The molecule has 9 heteroatoms. The number of aromatic nitrogens is 7. The number of nitrogens with zero attached hydrogens (tertiary/aromatic N) is 7. The molecule has 0 amide bonds. The highest BCUT2D eigenvalue weighted by Gasteiger charge is 2.04. The lowest BCUT2D eigenvalue weighted by atomic mass is 10.1. The van der Waals surface area contributed by atoms with E-state index < -0.39 is 0 Å².